The lowest BCUT2D eigenvalue weighted by molar-refractivity contribution is -0.120. The van der Waals surface area contributed by atoms with Crippen LogP contribution in [0.3, 0.4) is 0 Å². The summed E-state index contributed by atoms with van der Waals surface area (Å²) < 4.78 is 47.5. The molecule has 0 fully saturated rings. The molecule has 11 nitrogen and oxygen atoms in total. The van der Waals surface area contributed by atoms with Crippen molar-refractivity contribution >= 4 is 21.8 Å². The Balaban J connectivity index is 1.82. The minimum atomic E-state index is -3.72. The number of ether oxygens (including phenoxy) is 4. The average molecular weight is 482 g/mol. The Morgan fingerprint density at radius 2 is 1.42 bits per heavy atom. The Bertz CT molecular complexity index is 1050. The van der Waals surface area contributed by atoms with Crippen LogP contribution in [0.2, 0.25) is 0 Å². The Morgan fingerprint density at radius 1 is 0.818 bits per heavy atom. The molecule has 2 amide bonds. The van der Waals surface area contributed by atoms with Crippen LogP contribution in [0.4, 0.5) is 0 Å². The van der Waals surface area contributed by atoms with Gasteiger partial charge in [-0.2, -0.15) is 0 Å². The van der Waals surface area contributed by atoms with Crippen LogP contribution in [-0.4, -0.2) is 68.3 Å². The van der Waals surface area contributed by atoms with E-state index >= 15 is 0 Å². The Hall–Kier alpha value is -3.51. The largest absolute Gasteiger partial charge is 0.497 e. The molecule has 0 aliphatic carbocycles. The zero-order valence-electron chi connectivity index (χ0n) is 18.8. The minimum absolute atomic E-state index is 0.0269. The van der Waals surface area contributed by atoms with Crippen LogP contribution in [0.25, 0.3) is 0 Å². The number of carbonyl (C=O) groups excluding carboxylic acids is 2. The molecule has 180 valence electrons. The van der Waals surface area contributed by atoms with Gasteiger partial charge in [0.15, 0.2) is 11.5 Å². The van der Waals surface area contributed by atoms with Crippen molar-refractivity contribution in [3.63, 3.8) is 0 Å². The highest BCUT2D eigenvalue weighted by Crippen LogP contribution is 2.38. The van der Waals surface area contributed by atoms with E-state index in [-0.39, 0.29) is 30.1 Å². The lowest BCUT2D eigenvalue weighted by Crippen LogP contribution is -2.40. The molecule has 2 aromatic rings. The zero-order valence-corrected chi connectivity index (χ0v) is 19.6. The van der Waals surface area contributed by atoms with Gasteiger partial charge in [-0.05, 0) is 36.4 Å². The molecule has 3 N–H and O–H groups in total. The van der Waals surface area contributed by atoms with Gasteiger partial charge in [0.25, 0.3) is 5.91 Å². The number of carbonyl (C=O) groups is 2. The summed E-state index contributed by atoms with van der Waals surface area (Å²) in [6, 6.07) is 8.82. The van der Waals surface area contributed by atoms with Crippen molar-refractivity contribution in [2.24, 2.45) is 0 Å². The molecule has 0 atom stereocenters. The highest BCUT2D eigenvalue weighted by Gasteiger charge is 2.18. The van der Waals surface area contributed by atoms with E-state index in [1.807, 2.05) is 0 Å². The highest BCUT2D eigenvalue weighted by molar-refractivity contribution is 7.89. The number of amides is 2. The smallest absolute Gasteiger partial charge is 0.251 e. The number of methoxy groups -OCH3 is 4. The third-order valence-corrected chi connectivity index (χ3v) is 5.92. The Kier molecular flexibility index (Phi) is 9.30. The molecule has 12 heteroatoms. The first-order valence-corrected chi connectivity index (χ1v) is 11.2. The molecule has 0 aromatic heterocycles. The third-order valence-electron chi connectivity index (χ3n) is 4.45. The number of benzene rings is 2. The molecule has 0 saturated heterocycles. The van der Waals surface area contributed by atoms with Crippen molar-refractivity contribution in [3.8, 4) is 23.0 Å². The third kappa shape index (κ3) is 6.99. The maximum atomic E-state index is 12.4. The molecule has 2 aromatic carbocycles. The van der Waals surface area contributed by atoms with E-state index in [4.69, 9.17) is 18.9 Å². The minimum Gasteiger partial charge on any atom is -0.497 e. The number of hydrogen-bond donors (Lipinski definition) is 3. The fourth-order valence-corrected chi connectivity index (χ4v) is 3.79. The van der Waals surface area contributed by atoms with E-state index in [9.17, 15) is 18.0 Å². The van der Waals surface area contributed by atoms with Gasteiger partial charge in [-0.25, -0.2) is 13.1 Å². The highest BCUT2D eigenvalue weighted by atomic mass is 32.2. The summed E-state index contributed by atoms with van der Waals surface area (Å²) in [5.41, 5.74) is 0.213. The molecule has 0 bridgehead atoms. The van der Waals surface area contributed by atoms with Crippen LogP contribution < -0.4 is 34.3 Å². The summed E-state index contributed by atoms with van der Waals surface area (Å²) in [5, 5.41) is 5.00. The molecular formula is C21H27N3O8S. The van der Waals surface area contributed by atoms with Gasteiger partial charge in [-0.1, -0.05) is 0 Å². The van der Waals surface area contributed by atoms with Crippen LogP contribution in [0.15, 0.2) is 41.3 Å². The van der Waals surface area contributed by atoms with Crippen molar-refractivity contribution < 1.29 is 37.0 Å². The maximum absolute atomic E-state index is 12.4. The normalized spacial score (nSPS) is 10.8. The fourth-order valence-electron chi connectivity index (χ4n) is 2.76. The molecule has 33 heavy (non-hydrogen) atoms. The molecule has 0 heterocycles. The second-order valence-electron chi connectivity index (χ2n) is 6.52. The Labute approximate surface area is 192 Å². The number of sulfonamides is 1. The topological polar surface area (TPSA) is 141 Å². The first kappa shape index (κ1) is 25.7. The van der Waals surface area contributed by atoms with E-state index in [1.54, 1.807) is 0 Å². The van der Waals surface area contributed by atoms with Gasteiger partial charge in [0.05, 0.1) is 39.9 Å². The van der Waals surface area contributed by atoms with Crippen molar-refractivity contribution in [1.29, 1.82) is 0 Å². The predicted molar refractivity (Wildman–Crippen MR) is 120 cm³/mol. The summed E-state index contributed by atoms with van der Waals surface area (Å²) in [7, 11) is 2.06. The van der Waals surface area contributed by atoms with Crippen LogP contribution >= 0.6 is 0 Å². The zero-order chi connectivity index (χ0) is 24.4. The van der Waals surface area contributed by atoms with Crippen molar-refractivity contribution in [2.45, 2.75) is 4.90 Å². The standard InChI is InChI=1S/C21H27N3O8S/c1-29-15-5-7-16(8-6-15)33(27,28)24-10-9-22-19(25)13-23-21(26)14-11-17(30-2)20(32-4)18(12-14)31-3/h5-8,11-12,24H,9-10,13H2,1-4H3,(H,22,25)(H,23,26). The average Bonchev–Trinajstić information content (AvgIpc) is 2.84. The fraction of sp³-hybridized carbons (Fsp3) is 0.333. The van der Waals surface area contributed by atoms with Gasteiger partial charge in [0.2, 0.25) is 21.7 Å². The SMILES string of the molecule is COc1ccc(S(=O)(=O)NCCNC(=O)CNC(=O)c2cc(OC)c(OC)c(OC)c2)cc1. The molecular weight excluding hydrogens is 454 g/mol. The quantitative estimate of drug-likeness (QED) is 0.373. The monoisotopic (exact) mass is 481 g/mol. The summed E-state index contributed by atoms with van der Waals surface area (Å²) in [6.07, 6.45) is 0. The molecule has 0 unspecified atom stereocenters. The van der Waals surface area contributed by atoms with Gasteiger partial charge >= 0.3 is 0 Å². The summed E-state index contributed by atoms with van der Waals surface area (Å²) in [5.74, 6) is 0.469. The van der Waals surface area contributed by atoms with Crippen LogP contribution in [-0.2, 0) is 14.8 Å². The van der Waals surface area contributed by atoms with Crippen molar-refractivity contribution in [1.82, 2.24) is 15.4 Å². The second kappa shape index (κ2) is 11.9. The second-order valence-corrected chi connectivity index (χ2v) is 8.29. The van der Waals surface area contributed by atoms with Crippen molar-refractivity contribution in [3.05, 3.63) is 42.0 Å². The molecule has 0 aliphatic heterocycles. The van der Waals surface area contributed by atoms with E-state index in [0.717, 1.165) is 0 Å². The lowest BCUT2D eigenvalue weighted by Gasteiger charge is -2.14. The van der Waals surface area contributed by atoms with Gasteiger partial charge in [-0.15, -0.1) is 0 Å². The van der Waals surface area contributed by atoms with Gasteiger partial charge < -0.3 is 29.6 Å². The predicted octanol–water partition coefficient (Wildman–Crippen LogP) is 0.546. The lowest BCUT2D eigenvalue weighted by atomic mass is 10.1. The molecule has 2 rings (SSSR count). The first-order chi connectivity index (χ1) is 15.7. The maximum Gasteiger partial charge on any atom is 0.251 e. The molecule has 0 spiro atoms. The van der Waals surface area contributed by atoms with E-state index in [2.05, 4.69) is 15.4 Å². The molecule has 0 aliphatic rings. The van der Waals surface area contributed by atoms with Gasteiger partial charge in [0, 0.05) is 18.7 Å². The van der Waals surface area contributed by atoms with Crippen LogP contribution in [0.1, 0.15) is 10.4 Å². The van der Waals surface area contributed by atoms with Gasteiger partial charge in [0.1, 0.15) is 5.75 Å². The van der Waals surface area contributed by atoms with E-state index < -0.39 is 21.8 Å². The van der Waals surface area contributed by atoms with E-state index in [0.29, 0.717) is 23.0 Å². The van der Waals surface area contributed by atoms with Gasteiger partial charge in [-0.3, -0.25) is 9.59 Å². The van der Waals surface area contributed by atoms with E-state index in [1.165, 1.54) is 64.8 Å². The number of rotatable bonds is 12. The Morgan fingerprint density at radius 3 is 1.94 bits per heavy atom. The van der Waals surface area contributed by atoms with Crippen LogP contribution in [0.5, 0.6) is 23.0 Å². The number of hydrogen-bond acceptors (Lipinski definition) is 8. The first-order valence-electron chi connectivity index (χ1n) is 9.74. The van der Waals surface area contributed by atoms with Crippen LogP contribution in [0, 0.1) is 0 Å². The van der Waals surface area contributed by atoms with Crippen molar-refractivity contribution in [2.75, 3.05) is 48.1 Å². The summed E-state index contributed by atoms with van der Waals surface area (Å²) >= 11 is 0. The molecule has 0 saturated carbocycles. The number of nitrogens with one attached hydrogen (secondary N) is 3. The summed E-state index contributed by atoms with van der Waals surface area (Å²) in [4.78, 5) is 24.5. The molecule has 0 radical (unpaired) electrons. The summed E-state index contributed by atoms with van der Waals surface area (Å²) in [6.45, 7) is -0.296.